The fourth-order valence-corrected chi connectivity index (χ4v) is 2.10. The van der Waals surface area contributed by atoms with Gasteiger partial charge in [-0.1, -0.05) is 6.07 Å². The molecule has 2 heterocycles. The van der Waals surface area contributed by atoms with Crippen molar-refractivity contribution < 1.29 is 8.81 Å². The Balaban J connectivity index is 2.68. The lowest BCUT2D eigenvalue weighted by molar-refractivity contribution is 0.610. The van der Waals surface area contributed by atoms with Crippen molar-refractivity contribution in [2.45, 2.75) is 0 Å². The number of aromatic amines is 1. The maximum absolute atomic E-state index is 13.8. The van der Waals surface area contributed by atoms with Crippen LogP contribution in [0.2, 0.25) is 0 Å². The highest BCUT2D eigenvalue weighted by atomic mass is 79.9. The zero-order valence-corrected chi connectivity index (χ0v) is 9.47. The van der Waals surface area contributed by atoms with Gasteiger partial charge in [0.15, 0.2) is 11.4 Å². The highest BCUT2D eigenvalue weighted by molar-refractivity contribution is 9.10. The second-order valence-corrected chi connectivity index (χ2v) is 4.26. The summed E-state index contributed by atoms with van der Waals surface area (Å²) in [6, 6.07) is 4.99. The Morgan fingerprint density at radius 2 is 2.06 bits per heavy atom. The standard InChI is InChI=1S/C11H5BrFNO2/c12-7-2-1-5-6-3-4-16-10(6)11(15)14-9(5)8(7)13/h1-4H,(H,14,15). The average Bonchev–Trinajstić information content (AvgIpc) is 2.74. The number of hydrogen-bond donors (Lipinski definition) is 1. The Kier molecular flexibility index (Phi) is 1.91. The highest BCUT2D eigenvalue weighted by Crippen LogP contribution is 2.27. The van der Waals surface area contributed by atoms with E-state index in [1.54, 1.807) is 18.2 Å². The topological polar surface area (TPSA) is 46.0 Å². The van der Waals surface area contributed by atoms with Gasteiger partial charge >= 0.3 is 0 Å². The first-order chi connectivity index (χ1) is 7.68. The first kappa shape index (κ1) is 9.59. The van der Waals surface area contributed by atoms with Crippen molar-refractivity contribution in [3.8, 4) is 0 Å². The van der Waals surface area contributed by atoms with Gasteiger partial charge in [0.1, 0.15) is 0 Å². The lowest BCUT2D eigenvalue weighted by Gasteiger charge is -2.01. The van der Waals surface area contributed by atoms with E-state index in [1.807, 2.05) is 0 Å². The van der Waals surface area contributed by atoms with Gasteiger partial charge in [-0.2, -0.15) is 0 Å². The van der Waals surface area contributed by atoms with Crippen molar-refractivity contribution in [3.05, 3.63) is 45.1 Å². The summed E-state index contributed by atoms with van der Waals surface area (Å²) in [5.74, 6) is -0.474. The zero-order valence-electron chi connectivity index (χ0n) is 7.88. The molecule has 2 aromatic heterocycles. The number of H-pyrrole nitrogens is 1. The van der Waals surface area contributed by atoms with Gasteiger partial charge in [0.05, 0.1) is 16.3 Å². The van der Waals surface area contributed by atoms with Gasteiger partial charge in [0, 0.05) is 10.8 Å². The van der Waals surface area contributed by atoms with E-state index in [2.05, 4.69) is 20.9 Å². The third-order valence-corrected chi connectivity index (χ3v) is 3.11. The van der Waals surface area contributed by atoms with Crippen LogP contribution in [0.3, 0.4) is 0 Å². The average molecular weight is 282 g/mol. The Morgan fingerprint density at radius 1 is 1.25 bits per heavy atom. The first-order valence-electron chi connectivity index (χ1n) is 4.55. The third-order valence-electron chi connectivity index (χ3n) is 2.49. The summed E-state index contributed by atoms with van der Waals surface area (Å²) >= 11 is 3.08. The molecule has 0 unspecified atom stereocenters. The zero-order chi connectivity index (χ0) is 11.3. The number of furan rings is 1. The minimum Gasteiger partial charge on any atom is -0.459 e. The Bertz CT molecular complexity index is 760. The molecule has 0 radical (unpaired) electrons. The van der Waals surface area contributed by atoms with Crippen molar-refractivity contribution in [2.24, 2.45) is 0 Å². The number of rotatable bonds is 0. The molecule has 1 N–H and O–H groups in total. The lowest BCUT2D eigenvalue weighted by atomic mass is 10.1. The summed E-state index contributed by atoms with van der Waals surface area (Å²) in [6.45, 7) is 0. The van der Waals surface area contributed by atoms with Crippen LogP contribution in [0.25, 0.3) is 21.9 Å². The summed E-state index contributed by atoms with van der Waals surface area (Å²) in [4.78, 5) is 14.1. The second kappa shape index (κ2) is 3.18. The van der Waals surface area contributed by atoms with Crippen LogP contribution in [0, 0.1) is 5.82 Å². The van der Waals surface area contributed by atoms with E-state index >= 15 is 0 Å². The predicted octanol–water partition coefficient (Wildman–Crippen LogP) is 3.18. The lowest BCUT2D eigenvalue weighted by Crippen LogP contribution is -2.06. The molecular weight excluding hydrogens is 277 g/mol. The van der Waals surface area contributed by atoms with Crippen LogP contribution >= 0.6 is 15.9 Å². The maximum atomic E-state index is 13.8. The van der Waals surface area contributed by atoms with E-state index in [9.17, 15) is 9.18 Å². The quantitative estimate of drug-likeness (QED) is 0.688. The molecule has 0 spiro atoms. The molecule has 3 rings (SSSR count). The Morgan fingerprint density at radius 3 is 2.88 bits per heavy atom. The van der Waals surface area contributed by atoms with Crippen LogP contribution in [0.5, 0.6) is 0 Å². The fourth-order valence-electron chi connectivity index (χ4n) is 1.76. The van der Waals surface area contributed by atoms with Gasteiger partial charge in [-0.3, -0.25) is 4.79 Å². The maximum Gasteiger partial charge on any atom is 0.292 e. The smallest absolute Gasteiger partial charge is 0.292 e. The molecule has 0 aliphatic rings. The number of aromatic nitrogens is 1. The molecule has 5 heteroatoms. The molecule has 0 aliphatic heterocycles. The molecule has 0 saturated carbocycles. The number of halogens is 2. The minimum absolute atomic E-state index is 0.188. The van der Waals surface area contributed by atoms with Crippen molar-refractivity contribution in [1.82, 2.24) is 4.98 Å². The Hall–Kier alpha value is -1.62. The molecular formula is C11H5BrFNO2. The summed E-state index contributed by atoms with van der Waals surface area (Å²) < 4.78 is 19.1. The fraction of sp³-hybridized carbons (Fsp3) is 0. The largest absolute Gasteiger partial charge is 0.459 e. The molecule has 1 aromatic carbocycles. The van der Waals surface area contributed by atoms with Gasteiger partial charge in [-0.05, 0) is 28.1 Å². The molecule has 0 saturated heterocycles. The van der Waals surface area contributed by atoms with Crippen LogP contribution in [-0.2, 0) is 0 Å². The summed E-state index contributed by atoms with van der Waals surface area (Å²) in [6.07, 6.45) is 1.42. The van der Waals surface area contributed by atoms with E-state index < -0.39 is 11.4 Å². The van der Waals surface area contributed by atoms with Crippen molar-refractivity contribution >= 4 is 37.8 Å². The monoisotopic (exact) mass is 281 g/mol. The molecule has 0 aliphatic carbocycles. The van der Waals surface area contributed by atoms with Crippen LogP contribution in [0.15, 0.2) is 38.1 Å². The first-order valence-corrected chi connectivity index (χ1v) is 5.35. The number of nitrogens with one attached hydrogen (secondary N) is 1. The number of fused-ring (bicyclic) bond motifs is 3. The van der Waals surface area contributed by atoms with Gasteiger partial charge in [-0.15, -0.1) is 0 Å². The van der Waals surface area contributed by atoms with Crippen molar-refractivity contribution in [2.75, 3.05) is 0 Å². The SMILES string of the molecule is O=c1[nH]c2c(F)c(Br)ccc2c2ccoc12. The molecule has 0 amide bonds. The van der Waals surface area contributed by atoms with Crippen LogP contribution in [0.1, 0.15) is 0 Å². The minimum atomic E-state index is -0.474. The molecule has 3 nitrogen and oxygen atoms in total. The van der Waals surface area contributed by atoms with Crippen molar-refractivity contribution in [1.29, 1.82) is 0 Å². The summed E-state index contributed by atoms with van der Waals surface area (Å²) in [5, 5.41) is 1.24. The third kappa shape index (κ3) is 1.15. The van der Waals surface area contributed by atoms with Gasteiger partial charge in [0.2, 0.25) is 0 Å². The predicted molar refractivity (Wildman–Crippen MR) is 62.0 cm³/mol. The van der Waals surface area contributed by atoms with E-state index in [0.29, 0.717) is 15.2 Å². The Labute approximate surface area is 97.0 Å². The van der Waals surface area contributed by atoms with Crippen LogP contribution in [-0.4, -0.2) is 4.98 Å². The summed E-state index contributed by atoms with van der Waals surface area (Å²) in [7, 11) is 0. The second-order valence-electron chi connectivity index (χ2n) is 3.40. The normalized spacial score (nSPS) is 11.4. The molecule has 16 heavy (non-hydrogen) atoms. The molecule has 0 fully saturated rings. The number of benzene rings is 1. The van der Waals surface area contributed by atoms with E-state index in [-0.39, 0.29) is 11.1 Å². The molecule has 0 atom stereocenters. The highest BCUT2D eigenvalue weighted by Gasteiger charge is 2.12. The van der Waals surface area contributed by atoms with Crippen molar-refractivity contribution in [3.63, 3.8) is 0 Å². The number of hydrogen-bond acceptors (Lipinski definition) is 2. The summed E-state index contributed by atoms with van der Waals surface area (Å²) in [5.41, 5.74) is -0.0213. The van der Waals surface area contributed by atoms with E-state index in [0.717, 1.165) is 0 Å². The van der Waals surface area contributed by atoms with Gasteiger partial charge in [-0.25, -0.2) is 4.39 Å². The molecule has 3 aromatic rings. The molecule has 0 bridgehead atoms. The number of pyridine rings is 1. The van der Waals surface area contributed by atoms with Crippen LogP contribution < -0.4 is 5.56 Å². The van der Waals surface area contributed by atoms with Gasteiger partial charge < -0.3 is 9.40 Å². The van der Waals surface area contributed by atoms with Gasteiger partial charge in [0.25, 0.3) is 5.56 Å². The molecule has 80 valence electrons. The van der Waals surface area contributed by atoms with E-state index in [1.165, 1.54) is 6.26 Å². The van der Waals surface area contributed by atoms with Crippen LogP contribution in [0.4, 0.5) is 4.39 Å². The van der Waals surface area contributed by atoms with E-state index in [4.69, 9.17) is 4.42 Å².